The van der Waals surface area contributed by atoms with Gasteiger partial charge in [-0.25, -0.2) is 13.2 Å². The van der Waals surface area contributed by atoms with E-state index in [-0.39, 0.29) is 47.6 Å². The fraction of sp³-hybridized carbons (Fsp3) is 0.920. The maximum atomic E-state index is 13.5. The van der Waals surface area contributed by atoms with Crippen LogP contribution in [0.2, 0.25) is 0 Å². The fourth-order valence-corrected chi connectivity index (χ4v) is 7.99. The number of carbonyl (C=O) groups excluding carboxylic acids is 2. The summed E-state index contributed by atoms with van der Waals surface area (Å²) in [6.07, 6.45) is 8.20. The van der Waals surface area contributed by atoms with Gasteiger partial charge in [0, 0.05) is 19.4 Å². The monoisotopic (exact) mass is 498 g/mol. The van der Waals surface area contributed by atoms with E-state index in [4.69, 9.17) is 9.47 Å². The Labute approximate surface area is 204 Å². The number of ether oxygens (including phenoxy) is 2. The number of hydrogen-bond acceptors (Lipinski definition) is 6. The van der Waals surface area contributed by atoms with Gasteiger partial charge in [0.15, 0.2) is 0 Å². The van der Waals surface area contributed by atoms with Crippen molar-refractivity contribution in [2.45, 2.75) is 114 Å². The van der Waals surface area contributed by atoms with Crippen molar-refractivity contribution in [1.82, 2.24) is 9.80 Å². The van der Waals surface area contributed by atoms with E-state index in [9.17, 15) is 18.0 Å². The standard InChI is InChI=1S/C25H42N2O6S/c1-16(2)33-25(29)27-17(3)15-26(24(28)23-6-5-13-32-23)22-14-19(9-12-21(22)27)18-7-10-20(11-8-18)34(4,30)31/h16-23H,5-15H2,1-4H3/t17-,18?,19?,20?,21?,22?,23?/m0/s1. The van der Waals surface area contributed by atoms with Crippen molar-refractivity contribution < 1.29 is 27.5 Å². The van der Waals surface area contributed by atoms with Crippen LogP contribution in [0.15, 0.2) is 0 Å². The van der Waals surface area contributed by atoms with E-state index < -0.39 is 9.84 Å². The van der Waals surface area contributed by atoms with Crippen LogP contribution in [0.4, 0.5) is 4.79 Å². The van der Waals surface area contributed by atoms with Gasteiger partial charge in [0.2, 0.25) is 0 Å². The molecular weight excluding hydrogens is 456 g/mol. The molecule has 2 aliphatic carbocycles. The Morgan fingerprint density at radius 2 is 1.65 bits per heavy atom. The summed E-state index contributed by atoms with van der Waals surface area (Å²) in [6.45, 7) is 6.86. The van der Waals surface area contributed by atoms with E-state index in [1.165, 1.54) is 6.26 Å². The lowest BCUT2D eigenvalue weighted by molar-refractivity contribution is -0.153. The number of sulfone groups is 1. The minimum Gasteiger partial charge on any atom is -0.447 e. The second kappa shape index (κ2) is 10.3. The molecule has 4 aliphatic rings. The Kier molecular flexibility index (Phi) is 7.82. The van der Waals surface area contributed by atoms with Crippen molar-refractivity contribution in [1.29, 1.82) is 0 Å². The molecule has 9 heteroatoms. The van der Waals surface area contributed by atoms with Crippen LogP contribution in [0.5, 0.6) is 0 Å². The van der Waals surface area contributed by atoms with Crippen LogP contribution in [-0.2, 0) is 24.1 Å². The van der Waals surface area contributed by atoms with E-state index in [2.05, 4.69) is 0 Å². The molecule has 0 N–H and O–H groups in total. The lowest BCUT2D eigenvalue weighted by atomic mass is 9.69. The van der Waals surface area contributed by atoms with Crippen molar-refractivity contribution in [3.05, 3.63) is 0 Å². The maximum absolute atomic E-state index is 13.5. The molecule has 4 fully saturated rings. The molecule has 0 bridgehead atoms. The molecule has 0 aromatic rings. The molecule has 5 atom stereocenters. The smallest absolute Gasteiger partial charge is 0.410 e. The number of carbonyl (C=O) groups is 2. The van der Waals surface area contributed by atoms with Gasteiger partial charge in [-0.15, -0.1) is 0 Å². The quantitative estimate of drug-likeness (QED) is 0.590. The molecule has 0 radical (unpaired) electrons. The molecule has 0 spiro atoms. The molecule has 2 amide bonds. The van der Waals surface area contributed by atoms with E-state index in [0.717, 1.165) is 57.8 Å². The first-order chi connectivity index (χ1) is 16.1. The van der Waals surface area contributed by atoms with Crippen molar-refractivity contribution in [2.75, 3.05) is 19.4 Å². The summed E-state index contributed by atoms with van der Waals surface area (Å²) in [7, 11) is -2.99. The van der Waals surface area contributed by atoms with Crippen LogP contribution < -0.4 is 0 Å². The third-order valence-electron chi connectivity index (χ3n) is 8.54. The minimum absolute atomic E-state index is 0.0426. The van der Waals surface area contributed by atoms with Gasteiger partial charge >= 0.3 is 6.09 Å². The first-order valence-corrected chi connectivity index (χ1v) is 15.1. The Hall–Kier alpha value is -1.35. The molecular formula is C25H42N2O6S. The summed E-state index contributed by atoms with van der Waals surface area (Å²) >= 11 is 0. The van der Waals surface area contributed by atoms with E-state index in [1.807, 2.05) is 30.6 Å². The lowest BCUT2D eigenvalue weighted by Gasteiger charge is -2.55. The number of nitrogens with zero attached hydrogens (tertiary/aromatic N) is 2. The minimum atomic E-state index is -2.99. The summed E-state index contributed by atoms with van der Waals surface area (Å²) in [4.78, 5) is 30.4. The molecule has 34 heavy (non-hydrogen) atoms. The molecule has 2 heterocycles. The molecule has 2 saturated carbocycles. The van der Waals surface area contributed by atoms with Gasteiger partial charge < -0.3 is 14.4 Å². The topological polar surface area (TPSA) is 93.2 Å². The summed E-state index contributed by atoms with van der Waals surface area (Å²) in [5, 5.41) is -0.213. The highest BCUT2D eigenvalue weighted by atomic mass is 32.2. The maximum Gasteiger partial charge on any atom is 0.410 e. The zero-order chi connectivity index (χ0) is 24.6. The third-order valence-corrected chi connectivity index (χ3v) is 10.2. The number of amides is 2. The Balaban J connectivity index is 1.52. The Morgan fingerprint density at radius 3 is 2.24 bits per heavy atom. The summed E-state index contributed by atoms with van der Waals surface area (Å²) in [6, 6.07) is -0.206. The van der Waals surface area contributed by atoms with E-state index in [1.54, 1.807) is 0 Å². The molecule has 2 saturated heterocycles. The average molecular weight is 499 g/mol. The number of piperazine rings is 1. The highest BCUT2D eigenvalue weighted by Crippen LogP contribution is 2.44. The number of rotatable bonds is 4. The summed E-state index contributed by atoms with van der Waals surface area (Å²) in [5.74, 6) is 0.990. The molecule has 0 aromatic heterocycles. The van der Waals surface area contributed by atoms with E-state index in [0.29, 0.717) is 25.0 Å². The van der Waals surface area contributed by atoms with Crippen molar-refractivity contribution in [3.8, 4) is 0 Å². The molecule has 4 unspecified atom stereocenters. The largest absolute Gasteiger partial charge is 0.447 e. The van der Waals surface area contributed by atoms with Gasteiger partial charge in [-0.05, 0) is 90.4 Å². The van der Waals surface area contributed by atoms with Gasteiger partial charge in [0.1, 0.15) is 15.9 Å². The van der Waals surface area contributed by atoms with Crippen LogP contribution in [0.25, 0.3) is 0 Å². The van der Waals surface area contributed by atoms with Gasteiger partial charge in [0.05, 0.1) is 29.5 Å². The first kappa shape index (κ1) is 25.7. The second-order valence-corrected chi connectivity index (χ2v) is 13.6. The van der Waals surface area contributed by atoms with Crippen LogP contribution in [0.3, 0.4) is 0 Å². The summed E-state index contributed by atoms with van der Waals surface area (Å²) in [5.41, 5.74) is 0. The van der Waals surface area contributed by atoms with Gasteiger partial charge in [-0.1, -0.05) is 0 Å². The normalized spacial score (nSPS) is 36.9. The van der Waals surface area contributed by atoms with Crippen LogP contribution in [0.1, 0.15) is 78.6 Å². The Morgan fingerprint density at radius 1 is 0.971 bits per heavy atom. The van der Waals surface area contributed by atoms with Crippen molar-refractivity contribution in [2.24, 2.45) is 11.8 Å². The molecule has 8 nitrogen and oxygen atoms in total. The van der Waals surface area contributed by atoms with Crippen LogP contribution >= 0.6 is 0 Å². The predicted molar refractivity (Wildman–Crippen MR) is 129 cm³/mol. The zero-order valence-electron chi connectivity index (χ0n) is 21.1. The SMILES string of the molecule is CC(C)OC(=O)N1C2CCC(C3CCC(S(C)(=O)=O)CC3)CC2N(C(=O)C2CCCO2)C[C@@H]1C. The zero-order valence-corrected chi connectivity index (χ0v) is 22.0. The van der Waals surface area contributed by atoms with Gasteiger partial charge in [-0.2, -0.15) is 0 Å². The van der Waals surface area contributed by atoms with Gasteiger partial charge in [0.25, 0.3) is 5.91 Å². The molecule has 0 aromatic carbocycles. The average Bonchev–Trinajstić information content (AvgIpc) is 3.31. The molecule has 194 valence electrons. The summed E-state index contributed by atoms with van der Waals surface area (Å²) < 4.78 is 35.3. The highest BCUT2D eigenvalue weighted by Gasteiger charge is 2.50. The molecule has 4 rings (SSSR count). The van der Waals surface area contributed by atoms with Crippen LogP contribution in [-0.4, -0.2) is 85.2 Å². The van der Waals surface area contributed by atoms with E-state index >= 15 is 0 Å². The van der Waals surface area contributed by atoms with Gasteiger partial charge in [-0.3, -0.25) is 9.69 Å². The highest BCUT2D eigenvalue weighted by molar-refractivity contribution is 7.91. The second-order valence-electron chi connectivity index (χ2n) is 11.3. The predicted octanol–water partition coefficient (Wildman–Crippen LogP) is 3.38. The third kappa shape index (κ3) is 5.40. The van der Waals surface area contributed by atoms with Crippen LogP contribution in [0, 0.1) is 11.8 Å². The fourth-order valence-electron chi connectivity index (χ4n) is 6.86. The van der Waals surface area contributed by atoms with Crippen molar-refractivity contribution in [3.63, 3.8) is 0 Å². The first-order valence-electron chi connectivity index (χ1n) is 13.2. The van der Waals surface area contributed by atoms with Crippen molar-refractivity contribution >= 4 is 21.8 Å². The Bertz CT molecular complexity index is 847. The lowest BCUT2D eigenvalue weighted by Crippen LogP contribution is -2.68. The number of fused-ring (bicyclic) bond motifs is 1. The molecule has 2 aliphatic heterocycles. The number of hydrogen-bond donors (Lipinski definition) is 0.